The third kappa shape index (κ3) is 5.74. The molecule has 0 spiro atoms. The Hall–Kier alpha value is -1.63. The lowest BCUT2D eigenvalue weighted by atomic mass is 10.1. The summed E-state index contributed by atoms with van der Waals surface area (Å²) in [5.41, 5.74) is -3.79. The van der Waals surface area contributed by atoms with Gasteiger partial charge in [-0.3, -0.25) is 0 Å². The number of halogens is 8. The van der Waals surface area contributed by atoms with Crippen LogP contribution in [0.1, 0.15) is 49.5 Å². The normalized spacial score (nSPS) is 15.2. The maximum Gasteiger partial charge on any atom is 0.436 e. The van der Waals surface area contributed by atoms with E-state index in [1.165, 1.54) is 0 Å². The lowest BCUT2D eigenvalue weighted by molar-refractivity contribution is -0.144. The number of pyridine rings is 2. The largest absolute Gasteiger partial charge is 0.598 e. The molecule has 13 heteroatoms. The fraction of sp³-hybridized carbons (Fsp3) is 0.412. The molecule has 0 amide bonds. The van der Waals surface area contributed by atoms with E-state index in [1.807, 2.05) is 0 Å². The zero-order valence-electron chi connectivity index (χ0n) is 15.6. The van der Waals surface area contributed by atoms with Gasteiger partial charge in [0.25, 0.3) is 0 Å². The summed E-state index contributed by atoms with van der Waals surface area (Å²) in [5.74, 6) is -1.63. The zero-order valence-corrected chi connectivity index (χ0v) is 17.2. The van der Waals surface area contributed by atoms with E-state index in [1.54, 1.807) is 20.8 Å². The summed E-state index contributed by atoms with van der Waals surface area (Å²) in [6.45, 7) is 4.68. The molecule has 0 saturated heterocycles. The first-order valence-electron chi connectivity index (χ1n) is 8.16. The average Bonchev–Trinajstić information content (AvgIpc) is 2.57. The Labute approximate surface area is 175 Å². The van der Waals surface area contributed by atoms with Gasteiger partial charge >= 0.3 is 12.4 Å². The molecule has 0 bridgehead atoms. The Morgan fingerprint density at radius 2 is 1.60 bits per heavy atom. The highest BCUT2D eigenvalue weighted by molar-refractivity contribution is 7.90. The molecule has 0 aliphatic heterocycles. The highest BCUT2D eigenvalue weighted by atomic mass is 35.5. The van der Waals surface area contributed by atoms with E-state index in [4.69, 9.17) is 11.6 Å². The van der Waals surface area contributed by atoms with Crippen molar-refractivity contribution in [3.8, 4) is 0 Å². The molecule has 0 aliphatic rings. The van der Waals surface area contributed by atoms with Crippen LogP contribution in [0.25, 0.3) is 0 Å². The van der Waals surface area contributed by atoms with Crippen molar-refractivity contribution in [3.63, 3.8) is 0 Å². The van der Waals surface area contributed by atoms with E-state index in [9.17, 15) is 35.3 Å². The van der Waals surface area contributed by atoms with Crippen LogP contribution in [-0.4, -0.2) is 19.3 Å². The van der Waals surface area contributed by atoms with Gasteiger partial charge in [0.2, 0.25) is 0 Å². The van der Waals surface area contributed by atoms with Gasteiger partial charge < -0.3 is 4.55 Å². The smallest absolute Gasteiger partial charge is 0.436 e. The summed E-state index contributed by atoms with van der Waals surface area (Å²) < 4.78 is 106. The SMILES string of the molecule is CC(C)(C)[S@@+]([O-])N[C@H](c1cnc(C(F)(F)F)c(Cl)c1)c1ccc(F)c(C(F)(F)F)n1. The van der Waals surface area contributed by atoms with Crippen molar-refractivity contribution in [2.45, 2.75) is 43.9 Å². The molecule has 2 rings (SSSR count). The standard InChI is InChI=1S/C17H15ClF7N3OS/c1-15(2,3)30(29)28-12(8-6-9(18)13(26-7-8)16(20,21)22)11-5-4-10(19)14(27-11)17(23,24)25/h4-7,12,28H,1-3H3/t12-,30-/m1/s1. The molecule has 0 aliphatic carbocycles. The fourth-order valence-corrected chi connectivity index (χ4v) is 3.33. The van der Waals surface area contributed by atoms with Gasteiger partial charge in [-0.1, -0.05) is 11.6 Å². The van der Waals surface area contributed by atoms with E-state index in [0.29, 0.717) is 6.07 Å². The van der Waals surface area contributed by atoms with Crippen LogP contribution < -0.4 is 4.72 Å². The first kappa shape index (κ1) is 24.6. The summed E-state index contributed by atoms with van der Waals surface area (Å²) in [5, 5.41) is -0.813. The van der Waals surface area contributed by atoms with Crippen LogP contribution >= 0.6 is 11.6 Å². The summed E-state index contributed by atoms with van der Waals surface area (Å²) >= 11 is 3.77. The fourth-order valence-electron chi connectivity index (χ4n) is 2.22. The van der Waals surface area contributed by atoms with Crippen LogP contribution in [0.5, 0.6) is 0 Å². The van der Waals surface area contributed by atoms with E-state index in [-0.39, 0.29) is 5.56 Å². The van der Waals surface area contributed by atoms with Gasteiger partial charge in [-0.2, -0.15) is 26.3 Å². The number of rotatable bonds is 4. The quantitative estimate of drug-likeness (QED) is 0.470. The molecule has 2 aromatic heterocycles. The zero-order chi connectivity index (χ0) is 23.1. The maximum absolute atomic E-state index is 13.6. The third-order valence-corrected chi connectivity index (χ3v) is 5.53. The minimum atomic E-state index is -5.12. The summed E-state index contributed by atoms with van der Waals surface area (Å²) in [6, 6.07) is 0.818. The Morgan fingerprint density at radius 3 is 2.07 bits per heavy atom. The number of hydrogen-bond donors (Lipinski definition) is 1. The van der Waals surface area contributed by atoms with Gasteiger partial charge in [0.05, 0.1) is 10.7 Å². The molecule has 0 aromatic carbocycles. The van der Waals surface area contributed by atoms with Gasteiger partial charge in [0.15, 0.2) is 17.2 Å². The minimum absolute atomic E-state index is 0.141. The van der Waals surface area contributed by atoms with Crippen molar-refractivity contribution in [2.75, 3.05) is 0 Å². The van der Waals surface area contributed by atoms with Crippen molar-refractivity contribution < 1.29 is 35.3 Å². The van der Waals surface area contributed by atoms with Gasteiger partial charge in [0, 0.05) is 17.6 Å². The number of aromatic nitrogens is 2. The second kappa shape index (κ2) is 8.48. The van der Waals surface area contributed by atoms with Crippen LogP contribution in [0.4, 0.5) is 30.7 Å². The second-order valence-corrected chi connectivity index (χ2v) is 9.50. The molecule has 4 nitrogen and oxygen atoms in total. The lowest BCUT2D eigenvalue weighted by Gasteiger charge is -2.28. The second-order valence-electron chi connectivity index (χ2n) is 7.09. The van der Waals surface area contributed by atoms with E-state index >= 15 is 0 Å². The predicted molar refractivity (Wildman–Crippen MR) is 96.3 cm³/mol. The summed E-state index contributed by atoms with van der Waals surface area (Å²) in [6.07, 6.45) is -9.25. The van der Waals surface area contributed by atoms with Crippen LogP contribution in [0.2, 0.25) is 5.02 Å². The van der Waals surface area contributed by atoms with Gasteiger partial charge in [-0.25, -0.2) is 14.4 Å². The molecular formula is C17H15ClF7N3OS. The first-order chi connectivity index (χ1) is 13.5. The van der Waals surface area contributed by atoms with Crippen LogP contribution in [0.15, 0.2) is 24.4 Å². The van der Waals surface area contributed by atoms with Gasteiger partial charge in [-0.15, -0.1) is 4.72 Å². The molecule has 0 radical (unpaired) electrons. The van der Waals surface area contributed by atoms with Crippen molar-refractivity contribution in [3.05, 3.63) is 57.9 Å². The molecule has 1 N–H and O–H groups in total. The monoisotopic (exact) mass is 477 g/mol. The molecule has 2 atom stereocenters. The van der Waals surface area contributed by atoms with Crippen molar-refractivity contribution >= 4 is 23.0 Å². The van der Waals surface area contributed by atoms with E-state index in [0.717, 1.165) is 18.3 Å². The number of hydrogen-bond acceptors (Lipinski definition) is 4. The first-order valence-corrected chi connectivity index (χ1v) is 9.69. The Morgan fingerprint density at radius 1 is 1.03 bits per heavy atom. The highest BCUT2D eigenvalue weighted by Crippen LogP contribution is 2.36. The molecule has 166 valence electrons. The Kier molecular flexibility index (Phi) is 6.97. The Bertz CT molecular complexity index is 916. The van der Waals surface area contributed by atoms with Gasteiger partial charge in [0.1, 0.15) is 10.8 Å². The van der Waals surface area contributed by atoms with Crippen LogP contribution in [0.3, 0.4) is 0 Å². The molecule has 2 heterocycles. The lowest BCUT2D eigenvalue weighted by Crippen LogP contribution is -2.42. The van der Waals surface area contributed by atoms with Gasteiger partial charge in [-0.05, 0) is 44.5 Å². The molecule has 30 heavy (non-hydrogen) atoms. The molecule has 2 aromatic rings. The molecular weight excluding hydrogens is 463 g/mol. The van der Waals surface area contributed by atoms with Crippen LogP contribution in [-0.2, 0) is 23.7 Å². The highest BCUT2D eigenvalue weighted by Gasteiger charge is 2.39. The Balaban J connectivity index is 2.61. The molecule has 0 unspecified atom stereocenters. The van der Waals surface area contributed by atoms with E-state index < -0.39 is 62.4 Å². The number of nitrogens with one attached hydrogen (secondary N) is 1. The molecule has 0 fully saturated rings. The average molecular weight is 478 g/mol. The van der Waals surface area contributed by atoms with Crippen molar-refractivity contribution in [1.82, 2.24) is 14.7 Å². The third-order valence-electron chi connectivity index (χ3n) is 3.68. The maximum atomic E-state index is 13.6. The number of nitrogens with zero attached hydrogens (tertiary/aromatic N) is 2. The van der Waals surface area contributed by atoms with Crippen molar-refractivity contribution in [1.29, 1.82) is 0 Å². The summed E-state index contributed by atoms with van der Waals surface area (Å²) in [4.78, 5) is 6.50. The minimum Gasteiger partial charge on any atom is -0.598 e. The predicted octanol–water partition coefficient (Wildman–Crippen LogP) is 5.45. The van der Waals surface area contributed by atoms with Crippen LogP contribution in [0, 0.1) is 5.82 Å². The van der Waals surface area contributed by atoms with E-state index in [2.05, 4.69) is 14.7 Å². The summed E-state index contributed by atoms with van der Waals surface area (Å²) in [7, 11) is 0. The topological polar surface area (TPSA) is 60.9 Å². The van der Waals surface area contributed by atoms with Crippen molar-refractivity contribution in [2.24, 2.45) is 0 Å². The molecule has 0 saturated carbocycles. The number of alkyl halides is 6.